The minimum Gasteiger partial charge on any atom is -0.309 e. The Labute approximate surface area is 389 Å². The molecule has 0 aliphatic rings. The quantitative estimate of drug-likeness (QED) is 0.173. The summed E-state index contributed by atoms with van der Waals surface area (Å²) < 4.78 is 9.40. The van der Waals surface area contributed by atoms with Crippen LogP contribution in [0.25, 0.3) is 121 Å². The zero-order chi connectivity index (χ0) is 45.0. The standard InChI is InChI=1S/C62H36N6/c63-37-39-27-29-43(67-53-23-11-7-19-45(53)47-31-33-57-59(61(47)67)49-21-9-13-25-55(49)65(57)41-15-3-1-4-16-41)35-51(39)52-36-44(30-28-40(52)38-64)68-54-24-12-8-20-46(54)48-32-34-58-60(62(48)68)50-22-10-14-26-56(50)66(58)42-17-5-2-6-18-42/h1-36H. The van der Waals surface area contributed by atoms with E-state index in [1.54, 1.807) is 0 Å². The topological polar surface area (TPSA) is 67.3 Å². The van der Waals surface area contributed by atoms with E-state index < -0.39 is 0 Å². The van der Waals surface area contributed by atoms with E-state index in [9.17, 15) is 10.5 Å². The van der Waals surface area contributed by atoms with Gasteiger partial charge in [-0.25, -0.2) is 0 Å². The van der Waals surface area contributed by atoms with Gasteiger partial charge in [0.05, 0.1) is 67.4 Å². The van der Waals surface area contributed by atoms with Crippen LogP contribution in [0.2, 0.25) is 0 Å². The van der Waals surface area contributed by atoms with Crippen molar-refractivity contribution in [3.63, 3.8) is 0 Å². The van der Waals surface area contributed by atoms with Crippen molar-refractivity contribution in [2.75, 3.05) is 0 Å². The van der Waals surface area contributed by atoms with Gasteiger partial charge >= 0.3 is 0 Å². The number of hydrogen-bond acceptors (Lipinski definition) is 2. The third-order valence-electron chi connectivity index (χ3n) is 14.0. The minimum absolute atomic E-state index is 0.490. The van der Waals surface area contributed by atoms with E-state index in [1.165, 1.54) is 0 Å². The van der Waals surface area contributed by atoms with Gasteiger partial charge in [0.1, 0.15) is 0 Å². The molecule has 0 N–H and O–H groups in total. The van der Waals surface area contributed by atoms with Crippen molar-refractivity contribution in [1.29, 1.82) is 10.5 Å². The molecule has 14 aromatic rings. The molecule has 0 aliphatic heterocycles. The number of rotatable bonds is 5. The van der Waals surface area contributed by atoms with Gasteiger partial charge in [-0.3, -0.25) is 0 Å². The third kappa shape index (κ3) is 5.20. The van der Waals surface area contributed by atoms with Crippen LogP contribution in [-0.2, 0) is 0 Å². The molecule has 6 heteroatoms. The zero-order valence-electron chi connectivity index (χ0n) is 36.5. The Kier molecular flexibility index (Phi) is 8.01. The first-order valence-corrected chi connectivity index (χ1v) is 22.8. The summed E-state index contributed by atoms with van der Waals surface area (Å²) in [5.41, 5.74) is 15.1. The molecule has 0 bridgehead atoms. The molecule has 68 heavy (non-hydrogen) atoms. The molecule has 0 saturated carbocycles. The monoisotopic (exact) mass is 864 g/mol. The van der Waals surface area contributed by atoms with E-state index in [0.29, 0.717) is 22.3 Å². The Balaban J connectivity index is 1.05. The van der Waals surface area contributed by atoms with Gasteiger partial charge in [-0.1, -0.05) is 121 Å². The molecule has 10 aromatic carbocycles. The largest absolute Gasteiger partial charge is 0.309 e. The highest BCUT2D eigenvalue weighted by Gasteiger charge is 2.24. The molecule has 0 aliphatic carbocycles. The van der Waals surface area contributed by atoms with Crippen LogP contribution in [0.15, 0.2) is 218 Å². The molecule has 314 valence electrons. The van der Waals surface area contributed by atoms with Gasteiger partial charge in [0.25, 0.3) is 0 Å². The fourth-order valence-electron chi connectivity index (χ4n) is 11.2. The van der Waals surface area contributed by atoms with Crippen molar-refractivity contribution in [3.05, 3.63) is 230 Å². The molecular weight excluding hydrogens is 829 g/mol. The van der Waals surface area contributed by atoms with Gasteiger partial charge in [-0.2, -0.15) is 10.5 Å². The maximum absolute atomic E-state index is 10.9. The SMILES string of the molecule is N#Cc1ccc(-n2c3ccccc3c3ccc4c(c5ccccc5n4-c4ccccc4)c32)cc1-c1cc(-n2c3ccccc3c3ccc4c(c5ccccc5n4-c4ccccc4)c32)ccc1C#N. The summed E-state index contributed by atoms with van der Waals surface area (Å²) in [4.78, 5) is 0. The lowest BCUT2D eigenvalue weighted by Crippen LogP contribution is -2.00. The Bertz CT molecular complexity index is 4220. The first-order chi connectivity index (χ1) is 33.7. The summed E-state index contributed by atoms with van der Waals surface area (Å²) >= 11 is 0. The first kappa shape index (κ1) is 37.7. The van der Waals surface area contributed by atoms with Crippen LogP contribution in [0.5, 0.6) is 0 Å². The fraction of sp³-hybridized carbons (Fsp3) is 0. The normalized spacial score (nSPS) is 11.8. The Morgan fingerprint density at radius 3 is 1.01 bits per heavy atom. The van der Waals surface area contributed by atoms with Gasteiger partial charge in [0, 0.05) is 77.0 Å². The number of nitriles is 2. The fourth-order valence-corrected chi connectivity index (χ4v) is 11.2. The molecule has 0 radical (unpaired) electrons. The maximum atomic E-state index is 10.9. The van der Waals surface area contributed by atoms with E-state index in [4.69, 9.17) is 0 Å². The Morgan fingerprint density at radius 1 is 0.265 bits per heavy atom. The third-order valence-corrected chi connectivity index (χ3v) is 14.0. The summed E-state index contributed by atoms with van der Waals surface area (Å²) in [6.45, 7) is 0. The van der Waals surface area contributed by atoms with Crippen molar-refractivity contribution >= 4 is 87.2 Å². The zero-order valence-corrected chi connectivity index (χ0v) is 36.5. The predicted octanol–water partition coefficient (Wildman–Crippen LogP) is 15.5. The van der Waals surface area contributed by atoms with Crippen molar-refractivity contribution in [2.45, 2.75) is 0 Å². The van der Waals surface area contributed by atoms with E-state index in [1.807, 2.05) is 24.3 Å². The van der Waals surface area contributed by atoms with E-state index >= 15 is 0 Å². The van der Waals surface area contributed by atoms with E-state index in [2.05, 4.69) is 225 Å². The van der Waals surface area contributed by atoms with Gasteiger partial charge in [0.2, 0.25) is 0 Å². The maximum Gasteiger partial charge on any atom is 0.0998 e. The second-order valence-electron chi connectivity index (χ2n) is 17.5. The van der Waals surface area contributed by atoms with Crippen LogP contribution >= 0.6 is 0 Å². The molecule has 4 heterocycles. The molecule has 4 aromatic heterocycles. The van der Waals surface area contributed by atoms with Crippen LogP contribution in [0, 0.1) is 22.7 Å². The summed E-state index contributed by atoms with van der Waals surface area (Å²) in [6, 6.07) is 81.6. The number of nitrogens with zero attached hydrogens (tertiary/aromatic N) is 6. The highest BCUT2D eigenvalue weighted by molar-refractivity contribution is 6.27. The molecule has 6 nitrogen and oxygen atoms in total. The average molecular weight is 865 g/mol. The lowest BCUT2D eigenvalue weighted by Gasteiger charge is -2.16. The highest BCUT2D eigenvalue weighted by Crippen LogP contribution is 2.45. The van der Waals surface area contributed by atoms with Crippen LogP contribution < -0.4 is 0 Å². The highest BCUT2D eigenvalue weighted by atomic mass is 15.0. The molecule has 14 rings (SSSR count). The smallest absolute Gasteiger partial charge is 0.0998 e. The average Bonchev–Trinajstić information content (AvgIpc) is 4.14. The molecule has 0 fully saturated rings. The molecule has 0 amide bonds. The van der Waals surface area contributed by atoms with Crippen molar-refractivity contribution in [2.24, 2.45) is 0 Å². The van der Waals surface area contributed by atoms with E-state index in [-0.39, 0.29) is 0 Å². The van der Waals surface area contributed by atoms with Gasteiger partial charge in [-0.15, -0.1) is 0 Å². The number of hydrogen-bond donors (Lipinski definition) is 0. The second-order valence-corrected chi connectivity index (χ2v) is 17.5. The van der Waals surface area contributed by atoms with Gasteiger partial charge in [0.15, 0.2) is 0 Å². The molecule has 0 atom stereocenters. The number of benzene rings is 10. The van der Waals surface area contributed by atoms with Gasteiger partial charge < -0.3 is 18.3 Å². The number of fused-ring (bicyclic) bond motifs is 14. The Morgan fingerprint density at radius 2 is 0.618 bits per heavy atom. The molecule has 0 spiro atoms. The van der Waals surface area contributed by atoms with Crippen molar-refractivity contribution in [3.8, 4) is 46.0 Å². The minimum atomic E-state index is 0.490. The Hall–Kier alpha value is -9.62. The van der Waals surface area contributed by atoms with Crippen LogP contribution in [0.3, 0.4) is 0 Å². The first-order valence-electron chi connectivity index (χ1n) is 22.8. The summed E-state index contributed by atoms with van der Waals surface area (Å²) in [6.07, 6.45) is 0. The number of para-hydroxylation sites is 6. The lowest BCUT2D eigenvalue weighted by atomic mass is 9.95. The van der Waals surface area contributed by atoms with E-state index in [0.717, 1.165) is 110 Å². The molecular formula is C62H36N6. The lowest BCUT2D eigenvalue weighted by molar-refractivity contribution is 1.17. The predicted molar refractivity (Wildman–Crippen MR) is 279 cm³/mol. The summed E-state index contributed by atoms with van der Waals surface area (Å²) in [5, 5.41) is 30.9. The van der Waals surface area contributed by atoms with Crippen LogP contribution in [0.1, 0.15) is 11.1 Å². The molecule has 0 saturated heterocycles. The van der Waals surface area contributed by atoms with Gasteiger partial charge in [-0.05, 0) is 97.1 Å². The number of aromatic nitrogens is 4. The van der Waals surface area contributed by atoms with Crippen LogP contribution in [-0.4, -0.2) is 18.3 Å². The van der Waals surface area contributed by atoms with Crippen LogP contribution in [0.4, 0.5) is 0 Å². The summed E-state index contributed by atoms with van der Waals surface area (Å²) in [5.74, 6) is 0. The van der Waals surface area contributed by atoms with Crippen molar-refractivity contribution < 1.29 is 0 Å². The molecule has 0 unspecified atom stereocenters. The van der Waals surface area contributed by atoms with Crippen molar-refractivity contribution in [1.82, 2.24) is 18.3 Å². The second kappa shape index (κ2) is 14.4. The summed E-state index contributed by atoms with van der Waals surface area (Å²) in [7, 11) is 0.